The van der Waals surface area contributed by atoms with E-state index in [1.165, 1.54) is 0 Å². The van der Waals surface area contributed by atoms with Gasteiger partial charge in [-0.2, -0.15) is 0 Å². The zero-order valence-electron chi connectivity index (χ0n) is 21.0. The van der Waals surface area contributed by atoms with E-state index in [0.29, 0.717) is 20.1 Å². The zero-order chi connectivity index (χ0) is 27.6. The Morgan fingerprint density at radius 2 is 0.875 bits per heavy atom. The molecule has 0 aliphatic carbocycles. The van der Waals surface area contributed by atoms with Crippen molar-refractivity contribution in [2.45, 2.75) is 0 Å². The van der Waals surface area contributed by atoms with Crippen LogP contribution in [0, 0.1) is 0 Å². The summed E-state index contributed by atoms with van der Waals surface area (Å²) in [7, 11) is 0. The van der Waals surface area contributed by atoms with Crippen LogP contribution in [0.2, 0.25) is 20.1 Å². The van der Waals surface area contributed by atoms with Gasteiger partial charge in [0.25, 0.3) is 0 Å². The molecule has 6 aromatic carbocycles. The molecule has 6 aromatic rings. The third-order valence-electron chi connectivity index (χ3n) is 6.67. The Morgan fingerprint density at radius 1 is 0.450 bits per heavy atom. The Labute approximate surface area is 252 Å². The van der Waals surface area contributed by atoms with Gasteiger partial charge in [-0.15, -0.1) is 0 Å². The number of nitrogens with zero attached hydrogens (tertiary/aromatic N) is 2. The molecule has 0 amide bonds. The second-order valence-electron chi connectivity index (χ2n) is 9.21. The molecular weight excluding hydrogens is 578 g/mol. The van der Waals surface area contributed by atoms with E-state index in [4.69, 9.17) is 56.4 Å². The van der Waals surface area contributed by atoms with Gasteiger partial charge in [-0.05, 0) is 57.9 Å². The molecule has 0 heterocycles. The average molecular weight is 598 g/mol. The van der Waals surface area contributed by atoms with E-state index in [1.54, 1.807) is 36.7 Å². The number of benzene rings is 6. The van der Waals surface area contributed by atoms with E-state index in [2.05, 4.69) is 36.4 Å². The summed E-state index contributed by atoms with van der Waals surface area (Å²) in [6.45, 7) is 0. The van der Waals surface area contributed by atoms with Crippen molar-refractivity contribution in [1.82, 2.24) is 0 Å². The summed E-state index contributed by atoms with van der Waals surface area (Å²) in [6, 6.07) is 35.6. The van der Waals surface area contributed by atoms with Crippen LogP contribution in [-0.4, -0.2) is 12.4 Å². The number of aliphatic imine (C=N–C) groups is 2. The van der Waals surface area contributed by atoms with Crippen LogP contribution >= 0.6 is 46.4 Å². The van der Waals surface area contributed by atoms with Crippen LogP contribution in [0.4, 0.5) is 11.4 Å². The Kier molecular flexibility index (Phi) is 7.60. The molecular formula is C34H20Cl4N2. The van der Waals surface area contributed by atoms with Crippen LogP contribution in [-0.2, 0) is 0 Å². The maximum atomic E-state index is 6.46. The van der Waals surface area contributed by atoms with Crippen molar-refractivity contribution >= 4 is 91.8 Å². The normalized spacial score (nSPS) is 11.8. The van der Waals surface area contributed by atoms with Gasteiger partial charge in [0.1, 0.15) is 0 Å². The van der Waals surface area contributed by atoms with Gasteiger partial charge in [-0.1, -0.05) is 119 Å². The minimum Gasteiger partial charge on any atom is -0.256 e. The highest BCUT2D eigenvalue weighted by Gasteiger charge is 2.17. The largest absolute Gasteiger partial charge is 0.256 e. The lowest BCUT2D eigenvalue weighted by Gasteiger charge is -2.16. The SMILES string of the molecule is Clc1ccc(/C=N\c2ccc3ccccc3c2-c2c(/N=C/c3ccc(Cl)cc3Cl)ccc3ccccc23)c(Cl)c1. The summed E-state index contributed by atoms with van der Waals surface area (Å²) in [6.07, 6.45) is 3.54. The average Bonchev–Trinajstić information content (AvgIpc) is 2.96. The minimum atomic E-state index is 0.536. The molecule has 0 radical (unpaired) electrons. The Bertz CT molecular complexity index is 1820. The molecule has 0 unspecified atom stereocenters. The molecule has 0 saturated heterocycles. The predicted molar refractivity (Wildman–Crippen MR) is 174 cm³/mol. The number of hydrogen-bond donors (Lipinski definition) is 0. The highest BCUT2D eigenvalue weighted by molar-refractivity contribution is 6.37. The van der Waals surface area contributed by atoms with Gasteiger partial charge >= 0.3 is 0 Å². The first-order chi connectivity index (χ1) is 19.5. The summed E-state index contributed by atoms with van der Waals surface area (Å²) in [5.74, 6) is 0. The smallest absolute Gasteiger partial charge is 0.0715 e. The Hall–Kier alpha value is -3.66. The van der Waals surface area contributed by atoms with Gasteiger partial charge in [-0.3, -0.25) is 9.98 Å². The third-order valence-corrected chi connectivity index (χ3v) is 7.80. The maximum absolute atomic E-state index is 6.46. The molecule has 0 saturated carbocycles. The van der Waals surface area contributed by atoms with E-state index in [-0.39, 0.29) is 0 Å². The molecule has 0 atom stereocenters. The molecule has 0 aliphatic rings. The zero-order valence-corrected chi connectivity index (χ0v) is 24.0. The number of rotatable bonds is 5. The fraction of sp³-hybridized carbons (Fsp3) is 0. The van der Waals surface area contributed by atoms with Gasteiger partial charge in [0, 0.05) is 44.7 Å². The number of fused-ring (bicyclic) bond motifs is 2. The van der Waals surface area contributed by atoms with E-state index < -0.39 is 0 Å². The minimum absolute atomic E-state index is 0.536. The Morgan fingerprint density at radius 3 is 1.30 bits per heavy atom. The molecule has 6 rings (SSSR count). The molecule has 0 fully saturated rings. The van der Waals surface area contributed by atoms with Gasteiger partial charge in [0.15, 0.2) is 0 Å². The maximum Gasteiger partial charge on any atom is 0.0715 e. The first kappa shape index (κ1) is 26.6. The van der Waals surface area contributed by atoms with Crippen molar-refractivity contribution in [3.63, 3.8) is 0 Å². The molecule has 2 nitrogen and oxygen atoms in total. The van der Waals surface area contributed by atoms with Crippen molar-refractivity contribution in [3.8, 4) is 11.1 Å². The van der Waals surface area contributed by atoms with Crippen LogP contribution in [0.5, 0.6) is 0 Å². The second kappa shape index (κ2) is 11.4. The van der Waals surface area contributed by atoms with Crippen LogP contribution < -0.4 is 0 Å². The van der Waals surface area contributed by atoms with E-state index in [9.17, 15) is 0 Å². The second-order valence-corrected chi connectivity index (χ2v) is 10.9. The molecule has 0 N–H and O–H groups in total. The molecule has 40 heavy (non-hydrogen) atoms. The highest BCUT2D eigenvalue weighted by atomic mass is 35.5. The van der Waals surface area contributed by atoms with E-state index >= 15 is 0 Å². The fourth-order valence-corrected chi connectivity index (χ4v) is 5.67. The standard InChI is InChI=1S/C34H20Cl4N2/c35-25-13-9-23(29(37)17-25)19-39-31-15-11-21-5-1-3-7-27(21)33(31)34-28-8-4-2-6-22(28)12-16-32(34)40-20-24-10-14-26(36)18-30(24)38/h1-20H/b39-19-,40-20+. The number of hydrogen-bond acceptors (Lipinski definition) is 2. The first-order valence-corrected chi connectivity index (χ1v) is 14.0. The monoisotopic (exact) mass is 596 g/mol. The topological polar surface area (TPSA) is 24.7 Å². The van der Waals surface area contributed by atoms with Crippen LogP contribution in [0.3, 0.4) is 0 Å². The summed E-state index contributed by atoms with van der Waals surface area (Å²) >= 11 is 25.1. The van der Waals surface area contributed by atoms with Gasteiger partial charge < -0.3 is 0 Å². The third kappa shape index (κ3) is 5.37. The number of halogens is 4. The quantitative estimate of drug-likeness (QED) is 0.177. The fourth-order valence-electron chi connectivity index (χ4n) is 4.75. The van der Waals surface area contributed by atoms with E-state index in [1.807, 2.05) is 48.5 Å². The molecule has 0 aliphatic heterocycles. The van der Waals surface area contributed by atoms with Gasteiger partial charge in [0.2, 0.25) is 0 Å². The molecule has 0 bridgehead atoms. The van der Waals surface area contributed by atoms with Crippen LogP contribution in [0.15, 0.2) is 119 Å². The van der Waals surface area contributed by atoms with Crippen molar-refractivity contribution in [3.05, 3.63) is 140 Å². The summed E-state index contributed by atoms with van der Waals surface area (Å²) in [5.41, 5.74) is 5.10. The van der Waals surface area contributed by atoms with Crippen LogP contribution in [0.1, 0.15) is 11.1 Å². The lowest BCUT2D eigenvalue weighted by atomic mass is 9.91. The van der Waals surface area contributed by atoms with Gasteiger partial charge in [-0.25, -0.2) is 0 Å². The van der Waals surface area contributed by atoms with Crippen molar-refractivity contribution < 1.29 is 0 Å². The summed E-state index contributed by atoms with van der Waals surface area (Å²) in [4.78, 5) is 9.89. The van der Waals surface area contributed by atoms with E-state index in [0.717, 1.165) is 55.2 Å². The van der Waals surface area contributed by atoms with Crippen LogP contribution in [0.25, 0.3) is 32.7 Å². The van der Waals surface area contributed by atoms with Crippen molar-refractivity contribution in [2.24, 2.45) is 9.98 Å². The lowest BCUT2D eigenvalue weighted by Crippen LogP contribution is -1.89. The summed E-state index contributed by atoms with van der Waals surface area (Å²) in [5, 5.41) is 6.56. The van der Waals surface area contributed by atoms with Crippen molar-refractivity contribution in [1.29, 1.82) is 0 Å². The Balaban J connectivity index is 1.61. The lowest BCUT2D eigenvalue weighted by molar-refractivity contribution is 1.51. The molecule has 6 heteroatoms. The molecule has 0 aromatic heterocycles. The summed E-state index contributed by atoms with van der Waals surface area (Å²) < 4.78 is 0. The molecule has 0 spiro atoms. The first-order valence-electron chi connectivity index (χ1n) is 12.5. The van der Waals surface area contributed by atoms with Crippen molar-refractivity contribution in [2.75, 3.05) is 0 Å². The van der Waals surface area contributed by atoms with Gasteiger partial charge in [0.05, 0.1) is 21.4 Å². The highest BCUT2D eigenvalue weighted by Crippen LogP contribution is 2.45. The predicted octanol–water partition coefficient (Wildman–Crippen LogP) is 11.8. The molecule has 194 valence electrons.